The predicted molar refractivity (Wildman–Crippen MR) is 141 cm³/mol. The first-order valence-electron chi connectivity index (χ1n) is 11.2. The van der Waals surface area contributed by atoms with Crippen LogP contribution in [0.3, 0.4) is 0 Å². The van der Waals surface area contributed by atoms with E-state index in [4.69, 9.17) is 27.9 Å². The molecule has 1 atom stereocenters. The first-order valence-corrected chi connectivity index (χ1v) is 12.8. The Morgan fingerprint density at radius 3 is 2.43 bits per heavy atom. The molecule has 2 aromatic carbocycles. The molecule has 0 spiro atoms. The van der Waals surface area contributed by atoms with Crippen LogP contribution in [-0.2, 0) is 4.79 Å². The minimum Gasteiger partial charge on any atom is -0.496 e. The molecular formula is C26H25Cl2N3O3S. The number of carbonyl (C=O) groups excluding carboxylic acids is 1. The molecule has 3 aromatic rings. The van der Waals surface area contributed by atoms with Gasteiger partial charge in [-0.1, -0.05) is 46.7 Å². The van der Waals surface area contributed by atoms with Crippen molar-refractivity contribution < 1.29 is 9.53 Å². The number of thiazole rings is 1. The molecule has 1 aromatic heterocycles. The highest BCUT2D eigenvalue weighted by Crippen LogP contribution is 2.32. The number of likely N-dealkylation sites (N-methyl/N-ethyl adjacent to an activating group) is 1. The topological polar surface area (TPSA) is 63.9 Å². The molecule has 1 amide bonds. The van der Waals surface area contributed by atoms with Gasteiger partial charge in [0, 0.05) is 28.7 Å². The smallest absolute Gasteiger partial charge is 0.271 e. The van der Waals surface area contributed by atoms with Crippen LogP contribution in [-0.4, -0.2) is 35.6 Å². The SMILES string of the molecule is CCN(CC)C(=O)C1=C(C)N=c2s/c(=C/c3cc(Cl)ccc3OC)c(=O)n2[C@@H]1c1ccc(Cl)cc1. The predicted octanol–water partition coefficient (Wildman–Crippen LogP) is 4.42. The van der Waals surface area contributed by atoms with Gasteiger partial charge in [0.05, 0.1) is 29.0 Å². The Kier molecular flexibility index (Phi) is 7.50. The van der Waals surface area contributed by atoms with Crippen molar-refractivity contribution in [3.05, 3.63) is 94.6 Å². The van der Waals surface area contributed by atoms with Gasteiger partial charge >= 0.3 is 0 Å². The van der Waals surface area contributed by atoms with Crippen LogP contribution in [0.2, 0.25) is 10.0 Å². The third kappa shape index (κ3) is 4.81. The normalized spacial score (nSPS) is 15.6. The Morgan fingerprint density at radius 1 is 1.14 bits per heavy atom. The van der Waals surface area contributed by atoms with Crippen molar-refractivity contribution in [3.63, 3.8) is 0 Å². The van der Waals surface area contributed by atoms with Gasteiger partial charge in [-0.15, -0.1) is 0 Å². The molecule has 9 heteroatoms. The van der Waals surface area contributed by atoms with Crippen LogP contribution in [0.25, 0.3) is 6.08 Å². The molecule has 0 radical (unpaired) electrons. The highest BCUT2D eigenvalue weighted by atomic mass is 35.5. The summed E-state index contributed by atoms with van der Waals surface area (Å²) in [4.78, 5) is 34.3. The molecule has 0 bridgehead atoms. The largest absolute Gasteiger partial charge is 0.496 e. The number of methoxy groups -OCH3 is 1. The molecule has 35 heavy (non-hydrogen) atoms. The molecule has 0 saturated heterocycles. The van der Waals surface area contributed by atoms with E-state index < -0.39 is 6.04 Å². The summed E-state index contributed by atoms with van der Waals surface area (Å²) in [6.07, 6.45) is 1.75. The first-order chi connectivity index (χ1) is 16.8. The average Bonchev–Trinajstić information content (AvgIpc) is 3.14. The molecule has 4 rings (SSSR count). The van der Waals surface area contributed by atoms with Crippen molar-refractivity contribution in [2.24, 2.45) is 4.99 Å². The Labute approximate surface area is 217 Å². The van der Waals surface area contributed by atoms with Gasteiger partial charge in [-0.05, 0) is 62.7 Å². The quantitative estimate of drug-likeness (QED) is 0.474. The van der Waals surface area contributed by atoms with Crippen LogP contribution in [0.4, 0.5) is 0 Å². The van der Waals surface area contributed by atoms with Crippen molar-refractivity contribution in [2.45, 2.75) is 26.8 Å². The standard InChI is InChI=1S/C26H25Cl2N3O3S/c1-5-30(6-2)25(33)22-15(3)29-26-31(23(22)16-7-9-18(27)10-8-16)24(32)21(35-26)14-17-13-19(28)11-12-20(17)34-4/h7-14,23H,5-6H2,1-4H3/b21-14+/t23-/m1/s1. The molecule has 0 aliphatic carbocycles. The summed E-state index contributed by atoms with van der Waals surface area (Å²) in [7, 11) is 1.57. The summed E-state index contributed by atoms with van der Waals surface area (Å²) in [5.41, 5.74) is 2.30. The number of rotatable bonds is 6. The van der Waals surface area contributed by atoms with E-state index in [2.05, 4.69) is 4.99 Å². The number of carbonyl (C=O) groups is 1. The van der Waals surface area contributed by atoms with Crippen molar-refractivity contribution in [3.8, 4) is 5.75 Å². The highest BCUT2D eigenvalue weighted by Gasteiger charge is 2.34. The highest BCUT2D eigenvalue weighted by molar-refractivity contribution is 7.07. The molecule has 0 fully saturated rings. The van der Waals surface area contributed by atoms with Crippen LogP contribution in [0, 0.1) is 0 Å². The molecule has 2 heterocycles. The molecule has 1 aliphatic heterocycles. The molecule has 0 N–H and O–H groups in total. The van der Waals surface area contributed by atoms with E-state index in [1.54, 1.807) is 53.0 Å². The lowest BCUT2D eigenvalue weighted by Gasteiger charge is -2.29. The Bertz CT molecular complexity index is 1490. The zero-order chi connectivity index (χ0) is 25.3. The van der Waals surface area contributed by atoms with Crippen LogP contribution >= 0.6 is 34.5 Å². The number of benzene rings is 2. The summed E-state index contributed by atoms with van der Waals surface area (Å²) in [6, 6.07) is 11.8. The Morgan fingerprint density at radius 2 is 1.80 bits per heavy atom. The monoisotopic (exact) mass is 529 g/mol. The minimum atomic E-state index is -0.625. The average molecular weight is 530 g/mol. The van der Waals surface area contributed by atoms with Crippen molar-refractivity contribution >= 4 is 46.5 Å². The Hall–Kier alpha value is -2.87. The second kappa shape index (κ2) is 10.4. The zero-order valence-corrected chi connectivity index (χ0v) is 22.2. The summed E-state index contributed by atoms with van der Waals surface area (Å²) in [5.74, 6) is 0.463. The molecular weight excluding hydrogens is 505 g/mol. The van der Waals surface area contributed by atoms with Gasteiger partial charge in [-0.2, -0.15) is 0 Å². The van der Waals surface area contributed by atoms with Crippen molar-refractivity contribution in [2.75, 3.05) is 20.2 Å². The van der Waals surface area contributed by atoms with Gasteiger partial charge in [0.1, 0.15) is 5.75 Å². The second-order valence-electron chi connectivity index (χ2n) is 8.00. The van der Waals surface area contributed by atoms with Gasteiger partial charge in [0.15, 0.2) is 4.80 Å². The van der Waals surface area contributed by atoms with E-state index >= 15 is 0 Å². The van der Waals surface area contributed by atoms with Crippen molar-refractivity contribution in [1.29, 1.82) is 0 Å². The first kappa shape index (κ1) is 25.2. The van der Waals surface area contributed by atoms with Crippen LogP contribution < -0.4 is 19.6 Å². The summed E-state index contributed by atoms with van der Waals surface area (Å²) in [5, 5.41) is 1.11. The van der Waals surface area contributed by atoms with Gasteiger partial charge in [0.25, 0.3) is 11.5 Å². The van der Waals surface area contributed by atoms with E-state index in [-0.39, 0.29) is 11.5 Å². The molecule has 0 unspecified atom stereocenters. The lowest BCUT2D eigenvalue weighted by Crippen LogP contribution is -2.43. The minimum absolute atomic E-state index is 0.137. The van der Waals surface area contributed by atoms with Gasteiger partial charge < -0.3 is 9.64 Å². The molecule has 1 aliphatic rings. The van der Waals surface area contributed by atoms with E-state index in [9.17, 15) is 9.59 Å². The van der Waals surface area contributed by atoms with E-state index in [0.717, 1.165) is 5.56 Å². The van der Waals surface area contributed by atoms with Crippen molar-refractivity contribution in [1.82, 2.24) is 9.47 Å². The van der Waals surface area contributed by atoms with Gasteiger partial charge in [0.2, 0.25) is 0 Å². The molecule has 6 nitrogen and oxygen atoms in total. The maximum absolute atomic E-state index is 13.8. The second-order valence-corrected chi connectivity index (χ2v) is 9.88. The zero-order valence-electron chi connectivity index (χ0n) is 19.8. The molecule has 182 valence electrons. The number of hydrogen-bond acceptors (Lipinski definition) is 5. The number of allylic oxidation sites excluding steroid dienone is 1. The summed E-state index contributed by atoms with van der Waals surface area (Å²) < 4.78 is 7.51. The third-order valence-electron chi connectivity index (χ3n) is 5.97. The van der Waals surface area contributed by atoms with E-state index in [0.29, 0.717) is 55.1 Å². The number of amides is 1. The van der Waals surface area contributed by atoms with E-state index in [1.807, 2.05) is 32.9 Å². The van der Waals surface area contributed by atoms with Crippen LogP contribution in [0.15, 0.2) is 63.5 Å². The summed E-state index contributed by atoms with van der Waals surface area (Å²) in [6.45, 7) is 6.79. The number of nitrogens with zero attached hydrogens (tertiary/aromatic N) is 3. The van der Waals surface area contributed by atoms with Crippen LogP contribution in [0.5, 0.6) is 5.75 Å². The fourth-order valence-electron chi connectivity index (χ4n) is 4.20. The van der Waals surface area contributed by atoms with E-state index in [1.165, 1.54) is 11.3 Å². The number of hydrogen-bond donors (Lipinski definition) is 0. The number of halogens is 2. The Balaban J connectivity index is 1.98. The lowest BCUT2D eigenvalue weighted by molar-refractivity contribution is -0.127. The number of ether oxygens (including phenoxy) is 1. The number of fused-ring (bicyclic) bond motifs is 1. The maximum Gasteiger partial charge on any atom is 0.271 e. The number of aromatic nitrogens is 1. The van der Waals surface area contributed by atoms with Crippen LogP contribution in [0.1, 0.15) is 37.9 Å². The lowest BCUT2D eigenvalue weighted by atomic mass is 9.94. The molecule has 0 saturated carbocycles. The maximum atomic E-state index is 13.8. The fourth-order valence-corrected chi connectivity index (χ4v) is 5.54. The third-order valence-corrected chi connectivity index (χ3v) is 7.44. The fraction of sp³-hybridized carbons (Fsp3) is 0.269. The summed E-state index contributed by atoms with van der Waals surface area (Å²) >= 11 is 13.6. The van der Waals surface area contributed by atoms with Gasteiger partial charge in [-0.25, -0.2) is 4.99 Å². The van der Waals surface area contributed by atoms with Gasteiger partial charge in [-0.3, -0.25) is 14.2 Å².